The molecule has 0 heterocycles. The number of rotatable bonds is 5. The lowest BCUT2D eigenvalue weighted by Gasteiger charge is -2.21. The van der Waals surface area contributed by atoms with E-state index in [4.69, 9.17) is 5.11 Å². The van der Waals surface area contributed by atoms with Crippen molar-refractivity contribution in [1.29, 1.82) is 0 Å². The number of aliphatic hydroxyl groups is 1. The van der Waals surface area contributed by atoms with E-state index in [2.05, 4.69) is 15.9 Å². The Morgan fingerprint density at radius 3 is 2.71 bits per heavy atom. The van der Waals surface area contributed by atoms with Crippen LogP contribution in [0.3, 0.4) is 0 Å². The number of amides is 1. The Hall–Kier alpha value is -0.940. The summed E-state index contributed by atoms with van der Waals surface area (Å²) in [5.74, 6) is -0.950. The largest absolute Gasteiger partial charge is 0.395 e. The first kappa shape index (κ1) is 14.1. The fraction of sp³-hybridized carbons (Fsp3) is 0.417. The van der Waals surface area contributed by atoms with Gasteiger partial charge in [0.25, 0.3) is 5.91 Å². The zero-order valence-corrected chi connectivity index (χ0v) is 11.2. The van der Waals surface area contributed by atoms with E-state index in [1.807, 2.05) is 6.92 Å². The van der Waals surface area contributed by atoms with E-state index in [-0.39, 0.29) is 18.7 Å². The van der Waals surface area contributed by atoms with Gasteiger partial charge in [0, 0.05) is 17.6 Å². The molecule has 1 aromatic rings. The molecule has 17 heavy (non-hydrogen) atoms. The fourth-order valence-electron chi connectivity index (χ4n) is 1.57. The molecule has 0 fully saturated rings. The molecule has 1 aromatic carbocycles. The zero-order valence-electron chi connectivity index (χ0n) is 9.62. The summed E-state index contributed by atoms with van der Waals surface area (Å²) >= 11 is 3.17. The highest BCUT2D eigenvalue weighted by Crippen LogP contribution is 2.21. The van der Waals surface area contributed by atoms with Crippen molar-refractivity contribution in [3.8, 4) is 0 Å². The van der Waals surface area contributed by atoms with E-state index < -0.39 is 11.7 Å². The van der Waals surface area contributed by atoms with Crippen LogP contribution in [0.25, 0.3) is 0 Å². The van der Waals surface area contributed by atoms with Gasteiger partial charge in [0.1, 0.15) is 5.82 Å². The molecule has 0 saturated heterocycles. The fourth-order valence-corrected chi connectivity index (χ4v) is 2.08. The maximum absolute atomic E-state index is 13.6. The van der Waals surface area contributed by atoms with Crippen LogP contribution in [0, 0.1) is 5.82 Å². The highest BCUT2D eigenvalue weighted by molar-refractivity contribution is 9.10. The SMILES string of the molecule is CCCN(CCO)C(=O)c1c(F)cccc1Br. The molecule has 5 heteroatoms. The average Bonchev–Trinajstić information content (AvgIpc) is 2.28. The van der Waals surface area contributed by atoms with Crippen LogP contribution in [0.2, 0.25) is 0 Å². The molecule has 0 aliphatic carbocycles. The van der Waals surface area contributed by atoms with Crippen LogP contribution >= 0.6 is 15.9 Å². The lowest BCUT2D eigenvalue weighted by molar-refractivity contribution is 0.0716. The third-order valence-corrected chi connectivity index (χ3v) is 2.99. The van der Waals surface area contributed by atoms with Crippen molar-refractivity contribution in [2.24, 2.45) is 0 Å². The van der Waals surface area contributed by atoms with Crippen molar-refractivity contribution in [1.82, 2.24) is 4.90 Å². The van der Waals surface area contributed by atoms with Gasteiger partial charge in [0.15, 0.2) is 0 Å². The number of hydrogen-bond donors (Lipinski definition) is 1. The number of benzene rings is 1. The molecular weight excluding hydrogens is 289 g/mol. The van der Waals surface area contributed by atoms with Gasteiger partial charge in [-0.2, -0.15) is 0 Å². The van der Waals surface area contributed by atoms with E-state index in [1.165, 1.54) is 17.0 Å². The van der Waals surface area contributed by atoms with Crippen molar-refractivity contribution < 1.29 is 14.3 Å². The minimum absolute atomic E-state index is 0.0226. The van der Waals surface area contributed by atoms with Crippen LogP contribution < -0.4 is 0 Å². The molecule has 0 bridgehead atoms. The average molecular weight is 304 g/mol. The summed E-state index contributed by atoms with van der Waals surface area (Å²) in [5.41, 5.74) is 0.0226. The van der Waals surface area contributed by atoms with Crippen LogP contribution in [-0.4, -0.2) is 35.6 Å². The Labute approximate surface area is 108 Å². The van der Waals surface area contributed by atoms with Gasteiger partial charge in [-0.1, -0.05) is 13.0 Å². The molecule has 0 spiro atoms. The van der Waals surface area contributed by atoms with Gasteiger partial charge in [0.05, 0.1) is 12.2 Å². The summed E-state index contributed by atoms with van der Waals surface area (Å²) in [7, 11) is 0. The van der Waals surface area contributed by atoms with Gasteiger partial charge in [-0.3, -0.25) is 4.79 Å². The minimum atomic E-state index is -0.552. The van der Waals surface area contributed by atoms with Crippen LogP contribution in [0.1, 0.15) is 23.7 Å². The predicted molar refractivity (Wildman–Crippen MR) is 67.4 cm³/mol. The lowest BCUT2D eigenvalue weighted by Crippen LogP contribution is -2.35. The van der Waals surface area contributed by atoms with Crippen LogP contribution in [0.4, 0.5) is 4.39 Å². The van der Waals surface area contributed by atoms with Gasteiger partial charge in [-0.15, -0.1) is 0 Å². The first-order chi connectivity index (χ1) is 8.11. The van der Waals surface area contributed by atoms with Gasteiger partial charge >= 0.3 is 0 Å². The van der Waals surface area contributed by atoms with E-state index in [9.17, 15) is 9.18 Å². The van der Waals surface area contributed by atoms with Gasteiger partial charge in [-0.25, -0.2) is 4.39 Å². The number of hydrogen-bond acceptors (Lipinski definition) is 2. The molecule has 0 radical (unpaired) electrons. The third-order valence-electron chi connectivity index (χ3n) is 2.33. The monoisotopic (exact) mass is 303 g/mol. The molecule has 0 unspecified atom stereocenters. The Morgan fingerprint density at radius 2 is 2.18 bits per heavy atom. The Balaban J connectivity index is 3.00. The number of aliphatic hydroxyl groups excluding tert-OH is 1. The summed E-state index contributed by atoms with van der Waals surface area (Å²) in [6.45, 7) is 2.51. The Kier molecular flexibility index (Phi) is 5.58. The molecule has 0 atom stereocenters. The highest BCUT2D eigenvalue weighted by Gasteiger charge is 2.20. The molecule has 0 aliphatic rings. The second kappa shape index (κ2) is 6.71. The first-order valence-corrected chi connectivity index (χ1v) is 6.25. The summed E-state index contributed by atoms with van der Waals surface area (Å²) in [6, 6.07) is 4.41. The molecule has 0 saturated carbocycles. The number of nitrogens with zero attached hydrogens (tertiary/aromatic N) is 1. The smallest absolute Gasteiger partial charge is 0.258 e. The maximum Gasteiger partial charge on any atom is 0.258 e. The number of halogens is 2. The van der Waals surface area contributed by atoms with Gasteiger partial charge in [-0.05, 0) is 34.5 Å². The van der Waals surface area contributed by atoms with E-state index in [1.54, 1.807) is 6.07 Å². The quantitative estimate of drug-likeness (QED) is 0.907. The van der Waals surface area contributed by atoms with Crippen molar-refractivity contribution in [3.63, 3.8) is 0 Å². The Morgan fingerprint density at radius 1 is 1.47 bits per heavy atom. The standard InChI is InChI=1S/C12H15BrFNO2/c1-2-6-15(7-8-16)12(17)11-9(13)4-3-5-10(11)14/h3-5,16H,2,6-8H2,1H3. The van der Waals surface area contributed by atoms with Crippen molar-refractivity contribution >= 4 is 21.8 Å². The van der Waals surface area contributed by atoms with Crippen LogP contribution in [-0.2, 0) is 0 Å². The number of carbonyl (C=O) groups excluding carboxylic acids is 1. The molecule has 1 rings (SSSR count). The zero-order chi connectivity index (χ0) is 12.8. The van der Waals surface area contributed by atoms with Crippen molar-refractivity contribution in [3.05, 3.63) is 34.1 Å². The van der Waals surface area contributed by atoms with E-state index in [0.29, 0.717) is 11.0 Å². The summed E-state index contributed by atoms with van der Waals surface area (Å²) < 4.78 is 14.0. The summed E-state index contributed by atoms with van der Waals surface area (Å²) in [4.78, 5) is 13.6. The first-order valence-electron chi connectivity index (χ1n) is 5.46. The lowest BCUT2D eigenvalue weighted by atomic mass is 10.2. The second-order valence-corrected chi connectivity index (χ2v) is 4.47. The van der Waals surface area contributed by atoms with Gasteiger partial charge in [0.2, 0.25) is 0 Å². The molecule has 3 nitrogen and oxygen atoms in total. The molecule has 94 valence electrons. The van der Waals surface area contributed by atoms with E-state index >= 15 is 0 Å². The second-order valence-electron chi connectivity index (χ2n) is 3.61. The molecular formula is C12H15BrFNO2. The highest BCUT2D eigenvalue weighted by atomic mass is 79.9. The van der Waals surface area contributed by atoms with Gasteiger partial charge < -0.3 is 10.0 Å². The van der Waals surface area contributed by atoms with Crippen molar-refractivity contribution in [2.75, 3.05) is 19.7 Å². The van der Waals surface area contributed by atoms with Crippen molar-refractivity contribution in [2.45, 2.75) is 13.3 Å². The summed E-state index contributed by atoms with van der Waals surface area (Å²) in [5, 5.41) is 8.90. The Bertz CT molecular complexity index is 372. The molecule has 1 N–H and O–H groups in total. The maximum atomic E-state index is 13.6. The predicted octanol–water partition coefficient (Wildman–Crippen LogP) is 2.43. The summed E-state index contributed by atoms with van der Waals surface area (Å²) in [6.07, 6.45) is 0.762. The molecule has 0 aliphatic heterocycles. The minimum Gasteiger partial charge on any atom is -0.395 e. The third kappa shape index (κ3) is 3.51. The topological polar surface area (TPSA) is 40.5 Å². The normalized spacial score (nSPS) is 10.4. The number of carbonyl (C=O) groups is 1. The molecule has 0 aromatic heterocycles. The van der Waals surface area contributed by atoms with Crippen LogP contribution in [0.15, 0.2) is 22.7 Å². The van der Waals surface area contributed by atoms with Crippen LogP contribution in [0.5, 0.6) is 0 Å². The van der Waals surface area contributed by atoms with E-state index in [0.717, 1.165) is 6.42 Å². The molecule has 1 amide bonds.